The standard InChI is InChI=1S/5Mo.24H2S/h;;;;;24*1H2/q;;3*+4;;;;;;;;;;;;;;;;;;;;;;;;/p-24. The summed E-state index contributed by atoms with van der Waals surface area (Å²) in [5.41, 5.74) is 0. The van der Waals surface area contributed by atoms with Crippen molar-refractivity contribution >= 4 is 324 Å². The molecule has 0 aromatic rings. The van der Waals surface area contributed by atoms with Gasteiger partial charge in [0, 0.05) is 42.1 Å². The summed E-state index contributed by atoms with van der Waals surface area (Å²) in [7, 11) is 0. The molecule has 0 aliphatic carbocycles. The third kappa shape index (κ3) is 407. The summed E-state index contributed by atoms with van der Waals surface area (Å²) in [4.78, 5) is 0. The Kier molecular flexibility index (Phi) is 6830. The molecular formula is H24Mo5S24-12. The van der Waals surface area contributed by atoms with Gasteiger partial charge in [-0.3, -0.25) is 0 Å². The van der Waals surface area contributed by atoms with Crippen LogP contribution in [0.1, 0.15) is 0 Å². The summed E-state index contributed by atoms with van der Waals surface area (Å²) in [6, 6.07) is 0. The van der Waals surface area contributed by atoms with E-state index < -0.39 is 0 Å². The molecule has 0 nitrogen and oxygen atoms in total. The zero-order valence-electron chi connectivity index (χ0n) is 12.8. The van der Waals surface area contributed by atoms with E-state index in [1.165, 1.54) is 0 Å². The van der Waals surface area contributed by atoms with Gasteiger partial charge in [-0.15, -0.1) is 0 Å². The summed E-state index contributed by atoms with van der Waals surface area (Å²) in [5.74, 6) is 0. The maximum absolute atomic E-state index is 0. The largest absolute Gasteiger partial charge is 4.00 e. The van der Waals surface area contributed by atoms with Crippen molar-refractivity contribution < 1.29 is 105 Å². The van der Waals surface area contributed by atoms with Crippen molar-refractivity contribution in [2.45, 2.75) is 0 Å². The van der Waals surface area contributed by atoms with Gasteiger partial charge in [-0.1, -0.05) is 0 Å². The van der Waals surface area contributed by atoms with Gasteiger partial charge in [-0.25, -0.2) is 0 Å². The summed E-state index contributed by atoms with van der Waals surface area (Å²) in [5, 5.41) is 0. The molecule has 0 amide bonds. The van der Waals surface area contributed by atoms with Crippen molar-refractivity contribution in [3.63, 3.8) is 0 Å². The molecule has 0 rings (SSSR count). The first-order valence-electron chi connectivity index (χ1n) is 0. The van der Waals surface area contributed by atoms with Gasteiger partial charge in [-0.05, 0) is 0 Å². The molecule has 0 saturated carbocycles. The van der Waals surface area contributed by atoms with Crippen LogP contribution in [0.25, 0.3) is 0 Å². The molecule has 0 fully saturated rings. The first-order valence-corrected chi connectivity index (χ1v) is 0. The molecule has 0 heterocycles. The third-order valence-corrected chi connectivity index (χ3v) is 0. The Hall–Kier alpha value is 11.8. The van der Waals surface area contributed by atoms with Crippen molar-refractivity contribution in [1.29, 1.82) is 0 Å². The van der Waals surface area contributed by atoms with Gasteiger partial charge in [0.15, 0.2) is 0 Å². The number of thiol groups is 24. The van der Waals surface area contributed by atoms with E-state index in [2.05, 4.69) is 0 Å². The zero-order chi connectivity index (χ0) is 0. The van der Waals surface area contributed by atoms with E-state index in [1.807, 2.05) is 0 Å². The minimum absolute atomic E-state index is 0. The molecule has 0 aliphatic heterocycles. The molecule has 29 heavy (non-hydrogen) atoms. The monoisotopic (exact) mass is 1280 g/mol. The van der Waals surface area contributed by atoms with Crippen LogP contribution in [-0.4, -0.2) is 0 Å². The van der Waals surface area contributed by atoms with Crippen LogP contribution >= 0.6 is 0 Å². The first-order chi connectivity index (χ1) is 0. The van der Waals surface area contributed by atoms with E-state index in [9.17, 15) is 0 Å². The van der Waals surface area contributed by atoms with Gasteiger partial charge in [-0.2, -0.15) is 0 Å². The number of hydrogen-bond acceptors (Lipinski definition) is 24. The van der Waals surface area contributed by atoms with Crippen molar-refractivity contribution in [1.82, 2.24) is 0 Å². The molecule has 0 N–H and O–H groups in total. The molecular weight excluding hydrogens is 1250 g/mol. The van der Waals surface area contributed by atoms with Gasteiger partial charge in [0.2, 0.25) is 0 Å². The fraction of sp³-hybridized carbons (Fsp3) is 0. The molecule has 29 heteroatoms. The second kappa shape index (κ2) is 429. The summed E-state index contributed by atoms with van der Waals surface area (Å²) < 4.78 is 0. The van der Waals surface area contributed by atoms with Crippen LogP contribution in [-0.2, 0) is 429 Å². The Morgan fingerprint density at radius 3 is 0.103 bits per heavy atom. The Morgan fingerprint density at radius 1 is 0.103 bits per heavy atom. The predicted molar refractivity (Wildman–Crippen MR) is 210 cm³/mol. The van der Waals surface area contributed by atoms with Crippen molar-refractivity contribution in [3.05, 3.63) is 0 Å². The van der Waals surface area contributed by atoms with Gasteiger partial charge in [0.05, 0.1) is 0 Å². The van der Waals surface area contributed by atoms with Crippen LogP contribution in [0, 0.1) is 0 Å². The minimum atomic E-state index is 0. The molecule has 0 aliphatic rings. The Labute approximate surface area is 420 Å². The predicted octanol–water partition coefficient (Wildman–Crippen LogP) is -6.49. The van der Waals surface area contributed by atoms with Crippen LogP contribution < -0.4 is 0 Å². The molecule has 210 valence electrons. The van der Waals surface area contributed by atoms with Crippen LogP contribution in [0.3, 0.4) is 0 Å². The van der Waals surface area contributed by atoms with Crippen LogP contribution in [0.4, 0.5) is 0 Å². The molecule has 0 aromatic heterocycles. The average Bonchev–Trinajstić information content (AvgIpc) is 0. The fourth-order valence-electron chi connectivity index (χ4n) is 0. The second-order valence-corrected chi connectivity index (χ2v) is 0. The molecule has 0 atom stereocenters. The van der Waals surface area contributed by atoms with Gasteiger partial charge < -0.3 is 324 Å². The zero-order valence-corrected chi connectivity index (χ0v) is 44.3. The van der Waals surface area contributed by atoms with E-state index in [1.54, 1.807) is 0 Å². The Bertz CT molecular complexity index is 19.2. The van der Waals surface area contributed by atoms with Gasteiger partial charge in [0.25, 0.3) is 0 Å². The number of rotatable bonds is 0. The van der Waals surface area contributed by atoms with Crippen LogP contribution in [0.5, 0.6) is 0 Å². The molecule has 0 saturated heterocycles. The topological polar surface area (TPSA) is 0 Å². The maximum atomic E-state index is 0. The molecule has 0 spiro atoms. The fourth-order valence-corrected chi connectivity index (χ4v) is 0. The molecule has 0 bridgehead atoms. The van der Waals surface area contributed by atoms with E-state index in [-0.39, 0.29) is 429 Å². The van der Waals surface area contributed by atoms with Crippen LogP contribution in [0.15, 0.2) is 0 Å². The summed E-state index contributed by atoms with van der Waals surface area (Å²) in [6.45, 7) is 0. The summed E-state index contributed by atoms with van der Waals surface area (Å²) >= 11 is 0. The third-order valence-electron chi connectivity index (χ3n) is 0. The Balaban J connectivity index is 0. The molecule has 0 unspecified atom stereocenters. The van der Waals surface area contributed by atoms with E-state index in [4.69, 9.17) is 0 Å². The Morgan fingerprint density at radius 2 is 0.103 bits per heavy atom. The van der Waals surface area contributed by atoms with E-state index in [0.717, 1.165) is 0 Å². The molecule has 0 aromatic carbocycles. The molecule has 0 radical (unpaired) electrons. The SMILES string of the molecule is [Mo+4].[Mo+4].[Mo+4].[Mo].[Mo].[SH-].[SH-].[SH-].[SH-].[SH-].[SH-].[SH-].[SH-].[SH-].[SH-].[SH-].[SH-].[SH-].[SH-].[SH-].[SH-].[SH-].[SH-].[SH-].[SH-].[SH-].[SH-].[SH-].[SH-]. The van der Waals surface area contributed by atoms with Gasteiger partial charge >= 0.3 is 63.2 Å². The summed E-state index contributed by atoms with van der Waals surface area (Å²) in [6.07, 6.45) is 0. The quantitative estimate of drug-likeness (QED) is 0.128. The minimum Gasteiger partial charge on any atom is -0.813 e. The van der Waals surface area contributed by atoms with E-state index >= 15 is 0 Å². The maximum Gasteiger partial charge on any atom is 4.00 e. The second-order valence-electron chi connectivity index (χ2n) is 0. The van der Waals surface area contributed by atoms with Crippen molar-refractivity contribution in [2.24, 2.45) is 0 Å². The van der Waals surface area contributed by atoms with Crippen molar-refractivity contribution in [3.8, 4) is 0 Å². The van der Waals surface area contributed by atoms with E-state index in [0.29, 0.717) is 0 Å². The normalized spacial score (nSPS) is 0. The first kappa shape index (κ1) is 462. The van der Waals surface area contributed by atoms with Crippen molar-refractivity contribution in [2.75, 3.05) is 0 Å². The number of hydrogen-bond donors (Lipinski definition) is 0. The van der Waals surface area contributed by atoms with Crippen LogP contribution in [0.2, 0.25) is 0 Å². The van der Waals surface area contributed by atoms with Gasteiger partial charge in [0.1, 0.15) is 0 Å². The average molecular weight is 1270 g/mol. The smallest absolute Gasteiger partial charge is 0.813 e.